The number of benzene rings is 1. The highest BCUT2D eigenvalue weighted by atomic mass is 32.2. The molecule has 90 valence electrons. The van der Waals surface area contributed by atoms with Gasteiger partial charge in [-0.15, -0.1) is 0 Å². The van der Waals surface area contributed by atoms with Crippen molar-refractivity contribution in [1.82, 2.24) is 0 Å². The molecule has 0 amide bonds. The van der Waals surface area contributed by atoms with Gasteiger partial charge in [0.25, 0.3) is 0 Å². The van der Waals surface area contributed by atoms with Crippen LogP contribution in [0.3, 0.4) is 0 Å². The van der Waals surface area contributed by atoms with Crippen molar-refractivity contribution < 1.29 is 18.3 Å². The minimum atomic E-state index is -3.00. The monoisotopic (exact) mass is 244 g/mol. The summed E-state index contributed by atoms with van der Waals surface area (Å²) in [7, 11) is -3.00. The minimum Gasteiger partial charge on any atom is -0.493 e. The Kier molecular flexibility index (Phi) is 4.32. The maximum Gasteiger partial charge on any atom is 0.150 e. The lowest BCUT2D eigenvalue weighted by Crippen LogP contribution is -2.12. The highest BCUT2D eigenvalue weighted by Gasteiger charge is 2.04. The molecule has 1 rings (SSSR count). The molecule has 0 unspecified atom stereocenters. The summed E-state index contributed by atoms with van der Waals surface area (Å²) in [5.74, 6) is 0.563. The molecule has 0 heterocycles. The molecule has 1 atom stereocenters. The lowest BCUT2D eigenvalue weighted by Gasteiger charge is -2.08. The maximum absolute atomic E-state index is 10.9. The Morgan fingerprint density at radius 1 is 1.44 bits per heavy atom. The average Bonchev–Trinajstić information content (AvgIpc) is 2.16. The van der Waals surface area contributed by atoms with Crippen LogP contribution < -0.4 is 4.74 Å². The highest BCUT2D eigenvalue weighted by molar-refractivity contribution is 7.90. The number of aliphatic hydroxyl groups excluding tert-OH is 1. The third kappa shape index (κ3) is 4.63. The molecule has 0 aliphatic carbocycles. The van der Waals surface area contributed by atoms with E-state index in [0.29, 0.717) is 5.75 Å². The zero-order valence-corrected chi connectivity index (χ0v) is 10.2. The van der Waals surface area contributed by atoms with Crippen molar-refractivity contribution >= 4 is 9.84 Å². The van der Waals surface area contributed by atoms with Crippen LogP contribution in [0.25, 0.3) is 0 Å². The molecule has 0 spiro atoms. The summed E-state index contributed by atoms with van der Waals surface area (Å²) >= 11 is 0. The largest absolute Gasteiger partial charge is 0.493 e. The van der Waals surface area contributed by atoms with E-state index < -0.39 is 15.9 Å². The second kappa shape index (κ2) is 5.32. The molecule has 0 aliphatic rings. The van der Waals surface area contributed by atoms with E-state index in [4.69, 9.17) is 4.74 Å². The van der Waals surface area contributed by atoms with Gasteiger partial charge in [0.1, 0.15) is 12.4 Å². The molecule has 1 N–H and O–H groups in total. The summed E-state index contributed by atoms with van der Waals surface area (Å²) in [6.07, 6.45) is 0.612. The van der Waals surface area contributed by atoms with Crippen LogP contribution in [0.4, 0.5) is 0 Å². The van der Waals surface area contributed by atoms with Crippen molar-refractivity contribution in [3.8, 4) is 5.75 Å². The van der Waals surface area contributed by atoms with Crippen LogP contribution in [-0.2, 0) is 9.84 Å². The zero-order valence-electron chi connectivity index (χ0n) is 9.38. The molecular weight excluding hydrogens is 228 g/mol. The van der Waals surface area contributed by atoms with Crippen LogP contribution in [0.5, 0.6) is 5.75 Å². The summed E-state index contributed by atoms with van der Waals surface area (Å²) in [6.45, 7) is 1.79. The minimum absolute atomic E-state index is 0.00803. The predicted octanol–water partition coefficient (Wildman–Crippen LogP) is 1.16. The van der Waals surface area contributed by atoms with Crippen LogP contribution in [0.1, 0.15) is 18.6 Å². The van der Waals surface area contributed by atoms with Crippen molar-refractivity contribution in [1.29, 1.82) is 0 Å². The molecule has 5 heteroatoms. The van der Waals surface area contributed by atoms with E-state index in [1.807, 2.05) is 0 Å². The van der Waals surface area contributed by atoms with Crippen LogP contribution in [-0.4, -0.2) is 32.1 Å². The van der Waals surface area contributed by atoms with E-state index in [2.05, 4.69) is 0 Å². The molecule has 0 aromatic heterocycles. The first-order chi connectivity index (χ1) is 7.38. The molecule has 0 saturated heterocycles. The van der Waals surface area contributed by atoms with E-state index in [1.54, 1.807) is 31.2 Å². The van der Waals surface area contributed by atoms with Gasteiger partial charge in [0.2, 0.25) is 0 Å². The zero-order chi connectivity index (χ0) is 12.2. The Morgan fingerprint density at radius 3 is 2.69 bits per heavy atom. The van der Waals surface area contributed by atoms with Crippen LogP contribution in [0.15, 0.2) is 24.3 Å². The number of sulfone groups is 1. The van der Waals surface area contributed by atoms with Gasteiger partial charge >= 0.3 is 0 Å². The van der Waals surface area contributed by atoms with Gasteiger partial charge < -0.3 is 9.84 Å². The molecular formula is C11H16O4S. The van der Waals surface area contributed by atoms with Crippen molar-refractivity contribution in [3.05, 3.63) is 29.8 Å². The third-order valence-electron chi connectivity index (χ3n) is 2.06. The fourth-order valence-electron chi connectivity index (χ4n) is 1.18. The maximum atomic E-state index is 10.9. The van der Waals surface area contributed by atoms with Gasteiger partial charge in [0.05, 0.1) is 11.9 Å². The Labute approximate surface area is 95.8 Å². The van der Waals surface area contributed by atoms with Gasteiger partial charge in [0.15, 0.2) is 9.84 Å². The van der Waals surface area contributed by atoms with Crippen molar-refractivity contribution in [2.24, 2.45) is 0 Å². The van der Waals surface area contributed by atoms with Gasteiger partial charge in [-0.3, -0.25) is 0 Å². The van der Waals surface area contributed by atoms with E-state index in [0.717, 1.165) is 5.56 Å². The SMILES string of the molecule is C[C@@H](O)c1cccc(OCCS(C)(=O)=O)c1. The first kappa shape index (κ1) is 13.0. The predicted molar refractivity (Wildman–Crippen MR) is 62.3 cm³/mol. The molecule has 0 aliphatic heterocycles. The van der Waals surface area contributed by atoms with Gasteiger partial charge in [-0.1, -0.05) is 12.1 Å². The standard InChI is InChI=1S/C11H16O4S/c1-9(12)10-4-3-5-11(8-10)15-6-7-16(2,13)14/h3-5,8-9,12H,6-7H2,1-2H3/t9-/m1/s1. The molecule has 0 fully saturated rings. The van der Waals surface area contributed by atoms with Crippen molar-refractivity contribution in [2.75, 3.05) is 18.6 Å². The Balaban J connectivity index is 2.58. The Hall–Kier alpha value is -1.07. The van der Waals surface area contributed by atoms with E-state index in [-0.39, 0.29) is 12.4 Å². The number of ether oxygens (including phenoxy) is 1. The topological polar surface area (TPSA) is 63.6 Å². The fourth-order valence-corrected chi connectivity index (χ4v) is 1.56. The lowest BCUT2D eigenvalue weighted by atomic mass is 10.1. The van der Waals surface area contributed by atoms with Crippen LogP contribution >= 0.6 is 0 Å². The van der Waals surface area contributed by atoms with Gasteiger partial charge in [0, 0.05) is 6.26 Å². The van der Waals surface area contributed by atoms with Crippen molar-refractivity contribution in [3.63, 3.8) is 0 Å². The van der Waals surface area contributed by atoms with Crippen LogP contribution in [0, 0.1) is 0 Å². The molecule has 0 radical (unpaired) electrons. The smallest absolute Gasteiger partial charge is 0.150 e. The van der Waals surface area contributed by atoms with Crippen LogP contribution in [0.2, 0.25) is 0 Å². The normalized spacial score (nSPS) is 13.4. The number of aliphatic hydroxyl groups is 1. The Bertz CT molecular complexity index is 437. The van der Waals surface area contributed by atoms with E-state index >= 15 is 0 Å². The molecule has 4 nitrogen and oxygen atoms in total. The van der Waals surface area contributed by atoms with E-state index in [1.165, 1.54) is 6.26 Å². The number of hydrogen-bond donors (Lipinski definition) is 1. The molecule has 16 heavy (non-hydrogen) atoms. The summed E-state index contributed by atoms with van der Waals surface area (Å²) in [4.78, 5) is 0. The second-order valence-electron chi connectivity index (χ2n) is 3.73. The first-order valence-electron chi connectivity index (χ1n) is 4.97. The Morgan fingerprint density at radius 2 is 2.12 bits per heavy atom. The summed E-state index contributed by atoms with van der Waals surface area (Å²) in [5.41, 5.74) is 0.747. The fraction of sp³-hybridized carbons (Fsp3) is 0.455. The van der Waals surface area contributed by atoms with Gasteiger partial charge in [-0.25, -0.2) is 8.42 Å². The second-order valence-corrected chi connectivity index (χ2v) is 5.99. The highest BCUT2D eigenvalue weighted by Crippen LogP contribution is 2.18. The lowest BCUT2D eigenvalue weighted by molar-refractivity contribution is 0.198. The van der Waals surface area contributed by atoms with Gasteiger partial charge in [-0.2, -0.15) is 0 Å². The van der Waals surface area contributed by atoms with Gasteiger partial charge in [-0.05, 0) is 24.6 Å². The quantitative estimate of drug-likeness (QED) is 0.844. The molecule has 0 bridgehead atoms. The molecule has 1 aromatic carbocycles. The first-order valence-corrected chi connectivity index (χ1v) is 7.03. The summed E-state index contributed by atoms with van der Waals surface area (Å²) < 4.78 is 27.0. The molecule has 1 aromatic rings. The van der Waals surface area contributed by atoms with E-state index in [9.17, 15) is 13.5 Å². The number of rotatable bonds is 5. The van der Waals surface area contributed by atoms with Crippen molar-refractivity contribution in [2.45, 2.75) is 13.0 Å². The number of hydrogen-bond acceptors (Lipinski definition) is 4. The molecule has 0 saturated carbocycles. The summed E-state index contributed by atoms with van der Waals surface area (Å²) in [6, 6.07) is 6.98. The average molecular weight is 244 g/mol. The summed E-state index contributed by atoms with van der Waals surface area (Å²) in [5, 5.41) is 9.35. The third-order valence-corrected chi connectivity index (χ3v) is 2.97.